The van der Waals surface area contributed by atoms with Crippen LogP contribution in [0.5, 0.6) is 5.75 Å². The van der Waals surface area contributed by atoms with Crippen LogP contribution in [0.25, 0.3) is 11.5 Å². The molecule has 4 rings (SSSR count). The normalized spacial score (nSPS) is 14.2. The van der Waals surface area contributed by atoms with E-state index in [1.165, 1.54) is 0 Å². The van der Waals surface area contributed by atoms with Crippen molar-refractivity contribution in [3.05, 3.63) is 64.8 Å². The van der Waals surface area contributed by atoms with E-state index in [9.17, 15) is 5.26 Å². The predicted octanol–water partition coefficient (Wildman–Crippen LogP) is 4.19. The van der Waals surface area contributed by atoms with Gasteiger partial charge in [-0.15, -0.1) is 0 Å². The summed E-state index contributed by atoms with van der Waals surface area (Å²) >= 11 is 6.17. The molecule has 8 heteroatoms. The van der Waals surface area contributed by atoms with Gasteiger partial charge in [-0.2, -0.15) is 10.2 Å². The first-order chi connectivity index (χ1) is 15.2. The Hall–Kier alpha value is -3.05. The maximum atomic E-state index is 9.40. The Labute approximate surface area is 186 Å². The van der Waals surface area contributed by atoms with Gasteiger partial charge in [-0.1, -0.05) is 29.8 Å². The Morgan fingerprint density at radius 1 is 1.13 bits per heavy atom. The van der Waals surface area contributed by atoms with Crippen LogP contribution in [0.4, 0.5) is 5.88 Å². The van der Waals surface area contributed by atoms with Gasteiger partial charge >= 0.3 is 0 Å². The van der Waals surface area contributed by atoms with Gasteiger partial charge in [0, 0.05) is 42.3 Å². The SMILES string of the molecule is N#Cc1nc(-c2ccc(OCc3ccccc3Cl)cc2)oc1NCCN1CCOCC1. The van der Waals surface area contributed by atoms with Gasteiger partial charge in [0.15, 0.2) is 0 Å². The van der Waals surface area contributed by atoms with Crippen LogP contribution in [-0.2, 0) is 11.3 Å². The Balaban J connectivity index is 1.36. The standard InChI is InChI=1S/C23H23ClN4O3/c24-20-4-2-1-3-18(20)16-30-19-7-5-17(6-8-19)22-27-21(15-25)23(31-22)26-9-10-28-11-13-29-14-12-28/h1-8,26H,9-14,16H2. The second-order valence-electron chi connectivity index (χ2n) is 7.09. The Morgan fingerprint density at radius 2 is 1.90 bits per heavy atom. The van der Waals surface area contributed by atoms with Crippen LogP contribution in [0.2, 0.25) is 5.02 Å². The van der Waals surface area contributed by atoms with Crippen LogP contribution in [0.1, 0.15) is 11.3 Å². The third kappa shape index (κ3) is 5.56. The second kappa shape index (κ2) is 10.3. The van der Waals surface area contributed by atoms with Crippen molar-refractivity contribution in [2.24, 2.45) is 0 Å². The largest absolute Gasteiger partial charge is 0.489 e. The average molecular weight is 439 g/mol. The van der Waals surface area contributed by atoms with E-state index >= 15 is 0 Å². The molecule has 0 radical (unpaired) electrons. The molecular weight excluding hydrogens is 416 g/mol. The van der Waals surface area contributed by atoms with Gasteiger partial charge < -0.3 is 19.2 Å². The number of anilines is 1. The molecule has 3 aromatic rings. The van der Waals surface area contributed by atoms with E-state index in [1.54, 1.807) is 0 Å². The molecular formula is C23H23ClN4O3. The molecule has 1 saturated heterocycles. The molecule has 31 heavy (non-hydrogen) atoms. The third-order valence-corrected chi connectivity index (χ3v) is 5.37. The van der Waals surface area contributed by atoms with E-state index in [2.05, 4.69) is 21.3 Å². The number of morpholine rings is 1. The van der Waals surface area contributed by atoms with Crippen LogP contribution >= 0.6 is 11.6 Å². The lowest BCUT2D eigenvalue weighted by Gasteiger charge is -2.26. The fourth-order valence-electron chi connectivity index (χ4n) is 3.26. The summed E-state index contributed by atoms with van der Waals surface area (Å²) in [5, 5.41) is 13.3. The van der Waals surface area contributed by atoms with Gasteiger partial charge in [0.1, 0.15) is 18.4 Å². The minimum Gasteiger partial charge on any atom is -0.489 e. The Bertz CT molecular complexity index is 1040. The molecule has 0 bridgehead atoms. The zero-order valence-electron chi connectivity index (χ0n) is 17.0. The molecule has 0 spiro atoms. The second-order valence-corrected chi connectivity index (χ2v) is 7.50. The fourth-order valence-corrected chi connectivity index (χ4v) is 3.45. The molecule has 2 heterocycles. The zero-order valence-corrected chi connectivity index (χ0v) is 17.8. The van der Waals surface area contributed by atoms with Crippen molar-refractivity contribution in [2.75, 3.05) is 44.7 Å². The summed E-state index contributed by atoms with van der Waals surface area (Å²) in [5.41, 5.74) is 1.94. The molecule has 0 atom stereocenters. The zero-order chi connectivity index (χ0) is 21.5. The average Bonchev–Trinajstić information content (AvgIpc) is 3.23. The molecule has 0 aliphatic carbocycles. The van der Waals surface area contributed by atoms with E-state index in [1.807, 2.05) is 48.5 Å². The maximum Gasteiger partial charge on any atom is 0.232 e. The van der Waals surface area contributed by atoms with Crippen molar-refractivity contribution in [2.45, 2.75) is 6.61 Å². The first kappa shape index (κ1) is 21.2. The van der Waals surface area contributed by atoms with Gasteiger partial charge in [0.05, 0.1) is 13.2 Å². The van der Waals surface area contributed by atoms with Crippen LogP contribution in [-0.4, -0.2) is 49.3 Å². The molecule has 1 aliphatic rings. The number of nitriles is 1. The van der Waals surface area contributed by atoms with E-state index in [0.29, 0.717) is 35.7 Å². The number of benzene rings is 2. The molecule has 0 unspecified atom stereocenters. The van der Waals surface area contributed by atoms with E-state index in [0.717, 1.165) is 44.0 Å². The van der Waals surface area contributed by atoms with Crippen molar-refractivity contribution >= 4 is 17.5 Å². The van der Waals surface area contributed by atoms with Gasteiger partial charge in [-0.3, -0.25) is 4.90 Å². The number of nitrogens with zero attached hydrogens (tertiary/aromatic N) is 3. The van der Waals surface area contributed by atoms with Crippen molar-refractivity contribution in [1.82, 2.24) is 9.88 Å². The first-order valence-corrected chi connectivity index (χ1v) is 10.5. The summed E-state index contributed by atoms with van der Waals surface area (Å²) in [6.45, 7) is 5.24. The number of nitrogens with one attached hydrogen (secondary N) is 1. The molecule has 1 N–H and O–H groups in total. The van der Waals surface area contributed by atoms with Crippen molar-refractivity contribution in [3.63, 3.8) is 0 Å². The summed E-state index contributed by atoms with van der Waals surface area (Å²) < 4.78 is 17.0. The van der Waals surface area contributed by atoms with Crippen LogP contribution in [0.15, 0.2) is 52.9 Å². The summed E-state index contributed by atoms with van der Waals surface area (Å²) in [4.78, 5) is 6.62. The summed E-state index contributed by atoms with van der Waals surface area (Å²) in [6.07, 6.45) is 0. The third-order valence-electron chi connectivity index (χ3n) is 5.00. The maximum absolute atomic E-state index is 9.40. The molecule has 2 aromatic carbocycles. The smallest absolute Gasteiger partial charge is 0.232 e. The van der Waals surface area contributed by atoms with Crippen molar-refractivity contribution < 1.29 is 13.9 Å². The van der Waals surface area contributed by atoms with Crippen molar-refractivity contribution in [1.29, 1.82) is 5.26 Å². The number of hydrogen-bond acceptors (Lipinski definition) is 7. The number of rotatable bonds is 8. The molecule has 1 fully saturated rings. The van der Waals surface area contributed by atoms with Crippen LogP contribution in [0.3, 0.4) is 0 Å². The Kier molecular flexibility index (Phi) is 7.05. The number of ether oxygens (including phenoxy) is 2. The summed E-state index contributed by atoms with van der Waals surface area (Å²) in [5.74, 6) is 1.49. The monoisotopic (exact) mass is 438 g/mol. The van der Waals surface area contributed by atoms with E-state index in [-0.39, 0.29) is 5.69 Å². The molecule has 0 amide bonds. The summed E-state index contributed by atoms with van der Waals surface area (Å²) in [7, 11) is 0. The highest BCUT2D eigenvalue weighted by Crippen LogP contribution is 2.27. The predicted molar refractivity (Wildman–Crippen MR) is 118 cm³/mol. The quantitative estimate of drug-likeness (QED) is 0.564. The van der Waals surface area contributed by atoms with Crippen molar-refractivity contribution in [3.8, 4) is 23.3 Å². The number of oxazole rings is 1. The molecule has 7 nitrogen and oxygen atoms in total. The van der Waals surface area contributed by atoms with E-state index in [4.69, 9.17) is 25.5 Å². The van der Waals surface area contributed by atoms with Gasteiger partial charge in [-0.25, -0.2) is 0 Å². The topological polar surface area (TPSA) is 83.5 Å². The fraction of sp³-hybridized carbons (Fsp3) is 0.304. The van der Waals surface area contributed by atoms with Gasteiger partial charge in [-0.05, 0) is 30.3 Å². The number of hydrogen-bond donors (Lipinski definition) is 1. The molecule has 1 aliphatic heterocycles. The minimum atomic E-state index is 0.246. The lowest BCUT2D eigenvalue weighted by atomic mass is 10.2. The van der Waals surface area contributed by atoms with Crippen LogP contribution < -0.4 is 10.1 Å². The molecule has 160 valence electrons. The van der Waals surface area contributed by atoms with Crippen LogP contribution in [0, 0.1) is 11.3 Å². The van der Waals surface area contributed by atoms with Gasteiger partial charge in [0.25, 0.3) is 0 Å². The van der Waals surface area contributed by atoms with E-state index < -0.39 is 0 Å². The Morgan fingerprint density at radius 3 is 2.65 bits per heavy atom. The number of aromatic nitrogens is 1. The minimum absolute atomic E-state index is 0.246. The lowest BCUT2D eigenvalue weighted by Crippen LogP contribution is -2.39. The highest BCUT2D eigenvalue weighted by Gasteiger charge is 2.15. The van der Waals surface area contributed by atoms with Gasteiger partial charge in [0.2, 0.25) is 17.5 Å². The first-order valence-electron chi connectivity index (χ1n) is 10.1. The molecule has 0 saturated carbocycles. The highest BCUT2D eigenvalue weighted by atomic mass is 35.5. The lowest BCUT2D eigenvalue weighted by molar-refractivity contribution is 0.0398. The number of halogens is 1. The summed E-state index contributed by atoms with van der Waals surface area (Å²) in [6, 6.07) is 17.1. The highest BCUT2D eigenvalue weighted by molar-refractivity contribution is 6.31. The molecule has 1 aromatic heterocycles.